The summed E-state index contributed by atoms with van der Waals surface area (Å²) in [6.07, 6.45) is 1.90. The molecular weight excluding hydrogens is 203 g/mol. The number of hydrogen-bond donors (Lipinski definition) is 0. The van der Waals surface area contributed by atoms with Crippen LogP contribution in [0.5, 0.6) is 0 Å². The third kappa shape index (κ3) is 7.69. The molecule has 0 unspecified atom stereocenters. The third-order valence-corrected chi connectivity index (χ3v) is 1.14. The maximum atomic E-state index is 10.6. The summed E-state index contributed by atoms with van der Waals surface area (Å²) in [6, 6.07) is 0. The first-order chi connectivity index (χ1) is 5.66. The van der Waals surface area contributed by atoms with Crippen molar-refractivity contribution in [1.29, 1.82) is 0 Å². The van der Waals surface area contributed by atoms with E-state index in [4.69, 9.17) is 23.2 Å². The van der Waals surface area contributed by atoms with E-state index in [2.05, 4.69) is 9.47 Å². The van der Waals surface area contributed by atoms with E-state index >= 15 is 0 Å². The van der Waals surface area contributed by atoms with Gasteiger partial charge in [-0.2, -0.15) is 0 Å². The smallest absolute Gasteiger partial charge is 0.434 e. The number of hydrogen-bond acceptors (Lipinski definition) is 3. The highest BCUT2D eigenvalue weighted by Crippen LogP contribution is 2.06. The molecule has 5 heteroatoms. The Morgan fingerprint density at radius 2 is 2.17 bits per heavy atom. The van der Waals surface area contributed by atoms with Gasteiger partial charge in [-0.3, -0.25) is 0 Å². The van der Waals surface area contributed by atoms with E-state index in [0.717, 1.165) is 19.1 Å². The Kier molecular flexibility index (Phi) is 7.00. The SMILES string of the molecule is CCCCOC(=O)OC=C(Cl)Cl. The minimum Gasteiger partial charge on any atom is -0.434 e. The predicted molar refractivity (Wildman–Crippen MR) is 47.1 cm³/mol. The van der Waals surface area contributed by atoms with Crippen molar-refractivity contribution in [3.63, 3.8) is 0 Å². The fraction of sp³-hybridized carbons (Fsp3) is 0.571. The summed E-state index contributed by atoms with van der Waals surface area (Å²) in [5.74, 6) is 0. The molecule has 0 radical (unpaired) electrons. The summed E-state index contributed by atoms with van der Waals surface area (Å²) < 4.78 is 8.85. The van der Waals surface area contributed by atoms with E-state index in [1.165, 1.54) is 0 Å². The first-order valence-electron chi connectivity index (χ1n) is 3.51. The van der Waals surface area contributed by atoms with Crippen LogP contribution in [0.2, 0.25) is 0 Å². The number of ether oxygens (including phenoxy) is 2. The highest BCUT2D eigenvalue weighted by molar-refractivity contribution is 6.55. The van der Waals surface area contributed by atoms with Crippen LogP contribution >= 0.6 is 23.2 Å². The zero-order valence-electron chi connectivity index (χ0n) is 6.68. The lowest BCUT2D eigenvalue weighted by Gasteiger charge is -2.00. The second kappa shape index (κ2) is 7.25. The van der Waals surface area contributed by atoms with Crippen LogP contribution in [0.15, 0.2) is 10.8 Å². The van der Waals surface area contributed by atoms with Crippen LogP contribution in [0, 0.1) is 0 Å². The van der Waals surface area contributed by atoms with Crippen molar-refractivity contribution >= 4 is 29.4 Å². The van der Waals surface area contributed by atoms with Gasteiger partial charge >= 0.3 is 6.16 Å². The molecule has 0 rings (SSSR count). The standard InChI is InChI=1S/C7H10Cl2O3/c1-2-3-4-11-7(10)12-5-6(8)9/h5H,2-4H2,1H3. The summed E-state index contributed by atoms with van der Waals surface area (Å²) in [6.45, 7) is 2.34. The topological polar surface area (TPSA) is 35.5 Å². The average molecular weight is 213 g/mol. The van der Waals surface area contributed by atoms with Crippen LogP contribution < -0.4 is 0 Å². The summed E-state index contributed by atoms with van der Waals surface area (Å²) >= 11 is 10.4. The van der Waals surface area contributed by atoms with Crippen LogP contribution in [0.4, 0.5) is 4.79 Å². The molecule has 0 N–H and O–H groups in total. The van der Waals surface area contributed by atoms with E-state index in [1.54, 1.807) is 0 Å². The van der Waals surface area contributed by atoms with Crippen molar-refractivity contribution in [2.45, 2.75) is 19.8 Å². The van der Waals surface area contributed by atoms with Gasteiger partial charge in [-0.15, -0.1) is 0 Å². The lowest BCUT2D eigenvalue weighted by Crippen LogP contribution is -2.04. The number of unbranched alkanes of at least 4 members (excludes halogenated alkanes) is 1. The van der Waals surface area contributed by atoms with E-state index in [9.17, 15) is 4.79 Å². The van der Waals surface area contributed by atoms with Gasteiger partial charge in [0.25, 0.3) is 0 Å². The molecular formula is C7H10Cl2O3. The van der Waals surface area contributed by atoms with Gasteiger partial charge in [0.2, 0.25) is 0 Å². The molecule has 0 spiro atoms. The molecule has 0 saturated carbocycles. The quantitative estimate of drug-likeness (QED) is 0.408. The van der Waals surface area contributed by atoms with Gasteiger partial charge < -0.3 is 9.47 Å². The Bertz CT molecular complexity index is 164. The maximum absolute atomic E-state index is 10.6. The highest BCUT2D eigenvalue weighted by atomic mass is 35.5. The molecule has 0 atom stereocenters. The molecule has 0 aromatic rings. The molecule has 0 aromatic heterocycles. The summed E-state index contributed by atoms with van der Waals surface area (Å²) in [5.41, 5.74) is 0. The number of rotatable bonds is 4. The zero-order valence-corrected chi connectivity index (χ0v) is 8.19. The van der Waals surface area contributed by atoms with Gasteiger partial charge in [0.15, 0.2) is 0 Å². The second-order valence-corrected chi connectivity index (χ2v) is 2.99. The largest absolute Gasteiger partial charge is 0.513 e. The summed E-state index contributed by atoms with van der Waals surface area (Å²) in [5, 5.41) is 0. The Labute approximate surface area is 81.2 Å². The number of carbonyl (C=O) groups is 1. The number of halogens is 2. The fourth-order valence-corrected chi connectivity index (χ4v) is 0.516. The Morgan fingerprint density at radius 3 is 2.67 bits per heavy atom. The van der Waals surface area contributed by atoms with E-state index in [0.29, 0.717) is 6.61 Å². The van der Waals surface area contributed by atoms with Crippen LogP contribution in [0.25, 0.3) is 0 Å². The first kappa shape index (κ1) is 11.6. The Balaban J connectivity index is 3.41. The molecule has 0 aliphatic rings. The van der Waals surface area contributed by atoms with Crippen LogP contribution in [0.3, 0.4) is 0 Å². The minimum absolute atomic E-state index is 0.123. The first-order valence-corrected chi connectivity index (χ1v) is 4.27. The molecule has 0 bridgehead atoms. The molecule has 0 aliphatic carbocycles. The zero-order chi connectivity index (χ0) is 9.40. The Hall–Kier alpha value is -0.410. The van der Waals surface area contributed by atoms with Crippen molar-refractivity contribution < 1.29 is 14.3 Å². The molecule has 3 nitrogen and oxygen atoms in total. The molecule has 0 amide bonds. The second-order valence-electron chi connectivity index (χ2n) is 1.98. The van der Waals surface area contributed by atoms with Crippen molar-refractivity contribution in [2.75, 3.05) is 6.61 Å². The van der Waals surface area contributed by atoms with Crippen molar-refractivity contribution in [3.8, 4) is 0 Å². The van der Waals surface area contributed by atoms with Crippen molar-refractivity contribution in [1.82, 2.24) is 0 Å². The van der Waals surface area contributed by atoms with Crippen molar-refractivity contribution in [2.24, 2.45) is 0 Å². The number of carbonyl (C=O) groups excluding carboxylic acids is 1. The van der Waals surface area contributed by atoms with Gasteiger partial charge in [-0.25, -0.2) is 4.79 Å². The summed E-state index contributed by atoms with van der Waals surface area (Å²) in [7, 11) is 0. The average Bonchev–Trinajstić information content (AvgIpc) is 2.01. The minimum atomic E-state index is -0.790. The lowest BCUT2D eigenvalue weighted by molar-refractivity contribution is 0.0836. The monoisotopic (exact) mass is 212 g/mol. The molecule has 12 heavy (non-hydrogen) atoms. The normalized spacial score (nSPS) is 8.92. The van der Waals surface area contributed by atoms with Gasteiger partial charge in [-0.05, 0) is 6.42 Å². The van der Waals surface area contributed by atoms with E-state index in [1.807, 2.05) is 6.92 Å². The van der Waals surface area contributed by atoms with Crippen LogP contribution in [-0.4, -0.2) is 12.8 Å². The molecule has 0 fully saturated rings. The fourth-order valence-electron chi connectivity index (χ4n) is 0.427. The van der Waals surface area contributed by atoms with Crippen molar-refractivity contribution in [3.05, 3.63) is 10.8 Å². The predicted octanol–water partition coefficient (Wildman–Crippen LogP) is 3.22. The highest BCUT2D eigenvalue weighted by Gasteiger charge is 2.00. The third-order valence-electron chi connectivity index (χ3n) is 0.962. The van der Waals surface area contributed by atoms with Crippen LogP contribution in [0.1, 0.15) is 19.8 Å². The molecule has 0 heterocycles. The van der Waals surface area contributed by atoms with E-state index in [-0.39, 0.29) is 4.49 Å². The molecule has 0 aliphatic heterocycles. The van der Waals surface area contributed by atoms with Gasteiger partial charge in [0.05, 0.1) is 6.61 Å². The molecule has 70 valence electrons. The Morgan fingerprint density at radius 1 is 1.50 bits per heavy atom. The molecule has 0 aromatic carbocycles. The van der Waals surface area contributed by atoms with Gasteiger partial charge in [0, 0.05) is 0 Å². The van der Waals surface area contributed by atoms with Gasteiger partial charge in [0.1, 0.15) is 10.8 Å². The van der Waals surface area contributed by atoms with Crippen LogP contribution in [-0.2, 0) is 9.47 Å². The summed E-state index contributed by atoms with van der Waals surface area (Å²) in [4.78, 5) is 10.6. The maximum Gasteiger partial charge on any atom is 0.513 e. The molecule has 0 saturated heterocycles. The lowest BCUT2D eigenvalue weighted by atomic mass is 10.4. The van der Waals surface area contributed by atoms with E-state index < -0.39 is 6.16 Å². The van der Waals surface area contributed by atoms with Gasteiger partial charge in [-0.1, -0.05) is 36.5 Å².